The molecule has 0 unspecified atom stereocenters. The number of hydrogen-bond donors (Lipinski definition) is 0. The van der Waals surface area contributed by atoms with Gasteiger partial charge in [0.25, 0.3) is 0 Å². The zero-order valence-corrected chi connectivity index (χ0v) is 18.1. The molecule has 0 radical (unpaired) electrons. The molecule has 3 heterocycles. The third kappa shape index (κ3) is 3.96. The van der Waals surface area contributed by atoms with Crippen molar-refractivity contribution in [1.29, 1.82) is 0 Å². The zero-order chi connectivity index (χ0) is 19.5. The van der Waals surface area contributed by atoms with Crippen molar-refractivity contribution < 1.29 is 9.53 Å². The lowest BCUT2D eigenvalue weighted by atomic mass is 10.1. The fourth-order valence-corrected chi connectivity index (χ4v) is 4.40. The van der Waals surface area contributed by atoms with E-state index < -0.39 is 0 Å². The van der Waals surface area contributed by atoms with E-state index in [9.17, 15) is 4.79 Å². The number of esters is 1. The Balaban J connectivity index is 1.77. The van der Waals surface area contributed by atoms with Crippen LogP contribution in [0.1, 0.15) is 12.5 Å². The molecule has 0 atom stereocenters. The van der Waals surface area contributed by atoms with Crippen LogP contribution in [0.5, 0.6) is 0 Å². The molecule has 0 aliphatic carbocycles. The lowest BCUT2D eigenvalue weighted by Crippen LogP contribution is -2.21. The zero-order valence-electron chi connectivity index (χ0n) is 14.8. The van der Waals surface area contributed by atoms with Gasteiger partial charge in [-0.15, -0.1) is 21.5 Å². The predicted octanol–water partition coefficient (Wildman–Crippen LogP) is 4.73. The number of benzene rings is 1. The third-order valence-electron chi connectivity index (χ3n) is 3.90. The van der Waals surface area contributed by atoms with Crippen molar-refractivity contribution in [2.24, 2.45) is 5.10 Å². The summed E-state index contributed by atoms with van der Waals surface area (Å²) in [6.07, 6.45) is 1.81. The molecule has 9 heteroatoms. The standard InChI is InChI=1S/C19H15BrN4O2S2/c1-2-26-18(25)14(10-12-5-7-13(20)8-6-12)15-11-28-19-22-21-17(24(19)23-15)16-4-3-9-27-16/h3-10H,2,11H2,1H3/b14-10-. The number of halogens is 1. The molecule has 0 fully saturated rings. The third-order valence-corrected chi connectivity index (χ3v) is 6.22. The molecule has 0 N–H and O–H groups in total. The van der Waals surface area contributed by atoms with Crippen LogP contribution in [0.15, 0.2) is 62.1 Å². The van der Waals surface area contributed by atoms with E-state index in [1.807, 2.05) is 47.9 Å². The number of carbonyl (C=O) groups excluding carboxylic acids is 1. The largest absolute Gasteiger partial charge is 0.462 e. The van der Waals surface area contributed by atoms with Gasteiger partial charge in [-0.1, -0.05) is 45.9 Å². The van der Waals surface area contributed by atoms with Gasteiger partial charge in [-0.2, -0.15) is 9.78 Å². The second kappa shape index (κ2) is 8.42. The maximum absolute atomic E-state index is 12.6. The summed E-state index contributed by atoms with van der Waals surface area (Å²) in [4.78, 5) is 13.6. The van der Waals surface area contributed by atoms with Crippen LogP contribution in [-0.4, -0.2) is 38.9 Å². The van der Waals surface area contributed by atoms with Gasteiger partial charge >= 0.3 is 5.97 Å². The normalized spacial score (nSPS) is 13.8. The van der Waals surface area contributed by atoms with Crippen molar-refractivity contribution in [3.63, 3.8) is 0 Å². The van der Waals surface area contributed by atoms with Gasteiger partial charge in [0.15, 0.2) is 5.82 Å². The van der Waals surface area contributed by atoms with Crippen molar-refractivity contribution in [3.05, 3.63) is 57.4 Å². The number of rotatable bonds is 5. The second-order valence-electron chi connectivity index (χ2n) is 5.76. The van der Waals surface area contributed by atoms with Crippen molar-refractivity contribution in [2.75, 3.05) is 12.4 Å². The number of ether oxygens (including phenoxy) is 1. The summed E-state index contributed by atoms with van der Waals surface area (Å²) in [5.74, 6) is 0.796. The van der Waals surface area contributed by atoms with E-state index >= 15 is 0 Å². The van der Waals surface area contributed by atoms with Crippen LogP contribution in [0, 0.1) is 0 Å². The highest BCUT2D eigenvalue weighted by atomic mass is 79.9. The van der Waals surface area contributed by atoms with E-state index in [-0.39, 0.29) is 5.97 Å². The monoisotopic (exact) mass is 474 g/mol. The molecule has 0 saturated carbocycles. The summed E-state index contributed by atoms with van der Waals surface area (Å²) in [7, 11) is 0. The summed E-state index contributed by atoms with van der Waals surface area (Å²) in [6.45, 7) is 2.09. The Kier molecular flexibility index (Phi) is 5.74. The van der Waals surface area contributed by atoms with Crippen LogP contribution < -0.4 is 0 Å². The fraction of sp³-hybridized carbons (Fsp3) is 0.158. The molecule has 0 spiro atoms. The molecule has 1 aromatic carbocycles. The number of thioether (sulfide) groups is 1. The SMILES string of the molecule is CCOC(=O)/C(=C\c1ccc(Br)cc1)C1=Nn2c(nnc2-c2cccs2)SC1. The Hall–Kier alpha value is -2.23. The Bertz CT molecular complexity index is 1060. The van der Waals surface area contributed by atoms with Gasteiger partial charge in [-0.05, 0) is 42.1 Å². The Morgan fingerprint density at radius 3 is 2.82 bits per heavy atom. The molecule has 3 aromatic rings. The molecule has 1 aliphatic heterocycles. The van der Waals surface area contributed by atoms with E-state index in [4.69, 9.17) is 9.84 Å². The first kappa shape index (κ1) is 19.1. The lowest BCUT2D eigenvalue weighted by Gasteiger charge is -2.15. The van der Waals surface area contributed by atoms with Gasteiger partial charge in [0.2, 0.25) is 5.16 Å². The molecule has 142 valence electrons. The van der Waals surface area contributed by atoms with E-state index in [2.05, 4.69) is 26.1 Å². The molecule has 0 saturated heterocycles. The molecule has 0 amide bonds. The van der Waals surface area contributed by atoms with Crippen LogP contribution in [0.25, 0.3) is 16.8 Å². The maximum atomic E-state index is 12.6. The van der Waals surface area contributed by atoms with Gasteiger partial charge in [0.1, 0.15) is 0 Å². The summed E-state index contributed by atoms with van der Waals surface area (Å²) < 4.78 is 7.95. The number of aromatic nitrogens is 3. The number of nitrogens with zero attached hydrogens (tertiary/aromatic N) is 4. The topological polar surface area (TPSA) is 69.4 Å². The van der Waals surface area contributed by atoms with Gasteiger partial charge in [0, 0.05) is 10.2 Å². The molecule has 2 aromatic heterocycles. The van der Waals surface area contributed by atoms with Crippen LogP contribution in [0.4, 0.5) is 0 Å². The van der Waals surface area contributed by atoms with Crippen molar-refractivity contribution >= 4 is 56.8 Å². The average molecular weight is 475 g/mol. The quantitative estimate of drug-likeness (QED) is 0.395. The van der Waals surface area contributed by atoms with Crippen LogP contribution in [0.2, 0.25) is 0 Å². The van der Waals surface area contributed by atoms with E-state index in [0.29, 0.717) is 34.6 Å². The first-order chi connectivity index (χ1) is 13.7. The van der Waals surface area contributed by atoms with Crippen LogP contribution in [0.3, 0.4) is 0 Å². The molecule has 28 heavy (non-hydrogen) atoms. The van der Waals surface area contributed by atoms with Gasteiger partial charge < -0.3 is 4.74 Å². The number of thiophene rings is 1. The smallest absolute Gasteiger partial charge is 0.340 e. The molecular weight excluding hydrogens is 460 g/mol. The summed E-state index contributed by atoms with van der Waals surface area (Å²) in [5, 5.41) is 15.9. The van der Waals surface area contributed by atoms with Gasteiger partial charge in [-0.3, -0.25) is 0 Å². The Labute approximate surface area is 178 Å². The van der Waals surface area contributed by atoms with Crippen LogP contribution in [-0.2, 0) is 9.53 Å². The van der Waals surface area contributed by atoms with Crippen molar-refractivity contribution in [2.45, 2.75) is 12.1 Å². The molecule has 4 rings (SSSR count). The van der Waals surface area contributed by atoms with E-state index in [0.717, 1.165) is 14.9 Å². The molecular formula is C19H15BrN4O2S2. The average Bonchev–Trinajstić information content (AvgIpc) is 3.36. The first-order valence-corrected chi connectivity index (χ1v) is 11.2. The minimum atomic E-state index is -0.390. The number of fused-ring (bicyclic) bond motifs is 1. The lowest BCUT2D eigenvalue weighted by molar-refractivity contribution is -0.137. The molecule has 1 aliphatic rings. The van der Waals surface area contributed by atoms with Gasteiger partial charge in [0.05, 0.1) is 22.8 Å². The minimum Gasteiger partial charge on any atom is -0.462 e. The van der Waals surface area contributed by atoms with Crippen molar-refractivity contribution in [1.82, 2.24) is 14.9 Å². The highest BCUT2D eigenvalue weighted by Crippen LogP contribution is 2.31. The summed E-state index contributed by atoms with van der Waals surface area (Å²) in [6, 6.07) is 11.7. The molecule has 0 bridgehead atoms. The van der Waals surface area contributed by atoms with Gasteiger partial charge in [-0.25, -0.2) is 4.79 Å². The minimum absolute atomic E-state index is 0.301. The fourth-order valence-electron chi connectivity index (χ4n) is 2.61. The highest BCUT2D eigenvalue weighted by molar-refractivity contribution is 9.10. The Morgan fingerprint density at radius 1 is 1.29 bits per heavy atom. The summed E-state index contributed by atoms with van der Waals surface area (Å²) in [5.41, 5.74) is 1.97. The summed E-state index contributed by atoms with van der Waals surface area (Å²) >= 11 is 6.49. The van der Waals surface area contributed by atoms with E-state index in [1.54, 1.807) is 22.9 Å². The number of carbonyl (C=O) groups is 1. The number of hydrogen-bond acceptors (Lipinski definition) is 7. The second-order valence-corrected chi connectivity index (χ2v) is 8.57. The Morgan fingerprint density at radius 2 is 2.11 bits per heavy atom. The van der Waals surface area contributed by atoms with E-state index in [1.165, 1.54) is 11.8 Å². The van der Waals surface area contributed by atoms with Crippen molar-refractivity contribution in [3.8, 4) is 10.7 Å². The predicted molar refractivity (Wildman–Crippen MR) is 116 cm³/mol. The molecule has 6 nitrogen and oxygen atoms in total. The highest BCUT2D eigenvalue weighted by Gasteiger charge is 2.25. The maximum Gasteiger partial charge on any atom is 0.340 e. The first-order valence-electron chi connectivity index (χ1n) is 8.50. The van der Waals surface area contributed by atoms with Crippen LogP contribution >= 0.6 is 39.0 Å².